The zero-order chi connectivity index (χ0) is 17.1. The number of amides is 1. The van der Waals surface area contributed by atoms with E-state index < -0.39 is 0 Å². The van der Waals surface area contributed by atoms with Gasteiger partial charge in [0.15, 0.2) is 5.82 Å². The maximum absolute atomic E-state index is 12.5. The summed E-state index contributed by atoms with van der Waals surface area (Å²) in [6.45, 7) is 3.20. The van der Waals surface area contributed by atoms with E-state index in [1.165, 1.54) is 6.33 Å². The van der Waals surface area contributed by atoms with Crippen LogP contribution in [0.5, 0.6) is 0 Å². The summed E-state index contributed by atoms with van der Waals surface area (Å²) in [5.74, 6) is 1.19. The number of nitrogens with one attached hydrogen (secondary N) is 1. The molecule has 1 atom stereocenters. The Morgan fingerprint density at radius 2 is 2.25 bits per heavy atom. The Bertz CT molecular complexity index is 753. The second kappa shape index (κ2) is 7.00. The molecule has 3 rings (SSSR count). The minimum Gasteiger partial charge on any atom is -0.382 e. The SMILES string of the molecule is Cc1cccc(NC(=O)[C@H]2CCCN(c3ncnc(N)c3Cl)C2)n1. The molecule has 1 amide bonds. The maximum atomic E-state index is 12.5. The molecule has 0 saturated carbocycles. The summed E-state index contributed by atoms with van der Waals surface area (Å²) in [4.78, 5) is 26.9. The molecule has 24 heavy (non-hydrogen) atoms. The van der Waals surface area contributed by atoms with Crippen molar-refractivity contribution in [2.45, 2.75) is 19.8 Å². The van der Waals surface area contributed by atoms with Crippen LogP contribution >= 0.6 is 11.6 Å². The van der Waals surface area contributed by atoms with Crippen LogP contribution in [-0.2, 0) is 4.79 Å². The molecule has 0 aromatic carbocycles. The van der Waals surface area contributed by atoms with Crippen LogP contribution in [0.4, 0.5) is 17.5 Å². The highest BCUT2D eigenvalue weighted by molar-refractivity contribution is 6.35. The Balaban J connectivity index is 1.71. The lowest BCUT2D eigenvalue weighted by Crippen LogP contribution is -2.41. The average molecular weight is 347 g/mol. The van der Waals surface area contributed by atoms with Gasteiger partial charge in [0.05, 0.1) is 5.92 Å². The van der Waals surface area contributed by atoms with Crippen LogP contribution in [0, 0.1) is 12.8 Å². The van der Waals surface area contributed by atoms with Gasteiger partial charge in [-0.3, -0.25) is 4.79 Å². The van der Waals surface area contributed by atoms with E-state index in [9.17, 15) is 4.79 Å². The standard InChI is InChI=1S/C16H19ClN6O/c1-10-4-2-6-12(21-10)22-16(24)11-5-3-7-23(8-11)15-13(17)14(18)19-9-20-15/h2,4,6,9,11H,3,5,7-8H2,1H3,(H2,18,19,20)(H,21,22,24)/t11-/m0/s1. The van der Waals surface area contributed by atoms with Crippen molar-refractivity contribution in [3.05, 3.63) is 35.2 Å². The molecule has 0 bridgehead atoms. The lowest BCUT2D eigenvalue weighted by Gasteiger charge is -2.33. The van der Waals surface area contributed by atoms with E-state index in [1.54, 1.807) is 6.07 Å². The van der Waals surface area contributed by atoms with E-state index in [1.807, 2.05) is 24.0 Å². The highest BCUT2D eigenvalue weighted by Crippen LogP contribution is 2.30. The smallest absolute Gasteiger partial charge is 0.230 e. The maximum Gasteiger partial charge on any atom is 0.230 e. The van der Waals surface area contributed by atoms with Gasteiger partial charge in [0.1, 0.15) is 23.0 Å². The summed E-state index contributed by atoms with van der Waals surface area (Å²) in [6, 6.07) is 5.54. The Morgan fingerprint density at radius 3 is 3.04 bits per heavy atom. The van der Waals surface area contributed by atoms with Crippen LogP contribution in [0.25, 0.3) is 0 Å². The molecule has 1 aliphatic heterocycles. The Hall–Kier alpha value is -2.41. The van der Waals surface area contributed by atoms with Gasteiger partial charge in [-0.05, 0) is 31.9 Å². The minimum atomic E-state index is -0.159. The highest BCUT2D eigenvalue weighted by atomic mass is 35.5. The van der Waals surface area contributed by atoms with Crippen LogP contribution in [0.1, 0.15) is 18.5 Å². The lowest BCUT2D eigenvalue weighted by molar-refractivity contribution is -0.120. The molecule has 0 aliphatic carbocycles. The fraction of sp³-hybridized carbons (Fsp3) is 0.375. The molecule has 2 aromatic rings. The van der Waals surface area contributed by atoms with Crippen LogP contribution in [-0.4, -0.2) is 33.9 Å². The van der Waals surface area contributed by atoms with Gasteiger partial charge in [-0.25, -0.2) is 15.0 Å². The number of nitrogens with two attached hydrogens (primary N) is 1. The highest BCUT2D eigenvalue weighted by Gasteiger charge is 2.28. The normalized spacial score (nSPS) is 17.6. The first-order chi connectivity index (χ1) is 11.5. The predicted octanol–water partition coefficient (Wildman–Crippen LogP) is 2.27. The molecular weight excluding hydrogens is 328 g/mol. The Labute approximate surface area is 145 Å². The molecule has 0 unspecified atom stereocenters. The summed E-state index contributed by atoms with van der Waals surface area (Å²) < 4.78 is 0. The van der Waals surface area contributed by atoms with Crippen molar-refractivity contribution in [1.29, 1.82) is 0 Å². The topological polar surface area (TPSA) is 97.0 Å². The van der Waals surface area contributed by atoms with Gasteiger partial charge < -0.3 is 16.0 Å². The van der Waals surface area contributed by atoms with Crippen LogP contribution in [0.3, 0.4) is 0 Å². The lowest BCUT2D eigenvalue weighted by atomic mass is 9.97. The quantitative estimate of drug-likeness (QED) is 0.884. The van der Waals surface area contributed by atoms with E-state index >= 15 is 0 Å². The van der Waals surface area contributed by atoms with Crippen LogP contribution < -0.4 is 16.0 Å². The molecule has 1 saturated heterocycles. The number of anilines is 3. The van der Waals surface area contributed by atoms with Gasteiger partial charge in [-0.2, -0.15) is 0 Å². The zero-order valence-electron chi connectivity index (χ0n) is 13.4. The molecule has 0 spiro atoms. The third kappa shape index (κ3) is 3.56. The van der Waals surface area contributed by atoms with Gasteiger partial charge in [0, 0.05) is 18.8 Å². The summed E-state index contributed by atoms with van der Waals surface area (Å²) in [6.07, 6.45) is 3.07. The van der Waals surface area contributed by atoms with Crippen molar-refractivity contribution in [1.82, 2.24) is 15.0 Å². The Morgan fingerprint density at radius 1 is 1.42 bits per heavy atom. The first kappa shape index (κ1) is 16.4. The van der Waals surface area contributed by atoms with Crippen molar-refractivity contribution in [3.8, 4) is 0 Å². The number of aryl methyl sites for hydroxylation is 1. The third-order valence-electron chi connectivity index (χ3n) is 4.03. The minimum absolute atomic E-state index is 0.0454. The largest absolute Gasteiger partial charge is 0.382 e. The predicted molar refractivity (Wildman–Crippen MR) is 94.0 cm³/mol. The molecule has 0 radical (unpaired) electrons. The third-order valence-corrected chi connectivity index (χ3v) is 4.39. The molecule has 8 heteroatoms. The summed E-state index contributed by atoms with van der Waals surface area (Å²) in [5, 5.41) is 3.22. The number of aromatic nitrogens is 3. The van der Waals surface area contributed by atoms with Crippen molar-refractivity contribution in [3.63, 3.8) is 0 Å². The molecule has 3 heterocycles. The number of halogens is 1. The number of carbonyl (C=O) groups excluding carboxylic acids is 1. The first-order valence-electron chi connectivity index (χ1n) is 7.80. The van der Waals surface area contributed by atoms with Crippen molar-refractivity contribution in [2.75, 3.05) is 29.0 Å². The van der Waals surface area contributed by atoms with Crippen molar-refractivity contribution < 1.29 is 4.79 Å². The van der Waals surface area contributed by atoms with Crippen molar-refractivity contribution >= 4 is 35.0 Å². The molecule has 1 fully saturated rings. The van der Waals surface area contributed by atoms with Gasteiger partial charge in [0.2, 0.25) is 5.91 Å². The molecule has 7 nitrogen and oxygen atoms in total. The number of piperidine rings is 1. The number of nitrogens with zero attached hydrogens (tertiary/aromatic N) is 4. The molecule has 3 N–H and O–H groups in total. The van der Waals surface area contributed by atoms with E-state index in [4.69, 9.17) is 17.3 Å². The fourth-order valence-corrected chi connectivity index (χ4v) is 3.04. The van der Waals surface area contributed by atoms with Crippen LogP contribution in [0.2, 0.25) is 5.02 Å². The van der Waals surface area contributed by atoms with Gasteiger partial charge in [-0.15, -0.1) is 0 Å². The second-order valence-electron chi connectivity index (χ2n) is 5.84. The number of carbonyl (C=O) groups is 1. The number of rotatable bonds is 3. The number of hydrogen-bond donors (Lipinski definition) is 2. The molecule has 1 aliphatic rings. The average Bonchev–Trinajstić information content (AvgIpc) is 2.57. The van der Waals surface area contributed by atoms with Crippen molar-refractivity contribution in [2.24, 2.45) is 5.92 Å². The zero-order valence-corrected chi connectivity index (χ0v) is 14.1. The van der Waals surface area contributed by atoms with E-state index in [0.717, 1.165) is 25.1 Å². The molecule has 2 aromatic heterocycles. The number of nitrogen functional groups attached to an aromatic ring is 1. The number of hydrogen-bond acceptors (Lipinski definition) is 6. The van der Waals surface area contributed by atoms with Gasteiger partial charge >= 0.3 is 0 Å². The fourth-order valence-electron chi connectivity index (χ4n) is 2.82. The Kier molecular flexibility index (Phi) is 4.80. The monoisotopic (exact) mass is 346 g/mol. The summed E-state index contributed by atoms with van der Waals surface area (Å²) in [7, 11) is 0. The van der Waals surface area contributed by atoms with Gasteiger partial charge in [-0.1, -0.05) is 17.7 Å². The molecule has 126 valence electrons. The molecular formula is C16H19ClN6O. The summed E-state index contributed by atoms with van der Waals surface area (Å²) >= 11 is 6.20. The van der Waals surface area contributed by atoms with E-state index in [2.05, 4.69) is 20.3 Å². The summed E-state index contributed by atoms with van der Waals surface area (Å²) in [5.41, 5.74) is 6.60. The number of pyridine rings is 1. The van der Waals surface area contributed by atoms with E-state index in [-0.39, 0.29) is 17.6 Å². The van der Waals surface area contributed by atoms with E-state index in [0.29, 0.717) is 23.2 Å². The first-order valence-corrected chi connectivity index (χ1v) is 8.18. The second-order valence-corrected chi connectivity index (χ2v) is 6.21. The van der Waals surface area contributed by atoms with Crippen LogP contribution in [0.15, 0.2) is 24.5 Å². The van der Waals surface area contributed by atoms with Gasteiger partial charge in [0.25, 0.3) is 0 Å².